The van der Waals surface area contributed by atoms with E-state index < -0.39 is 0 Å². The molecule has 1 aromatic rings. The fraction of sp³-hybridized carbons (Fsp3) is 0.400. The molecule has 0 saturated heterocycles. The number of nitrogens with zero attached hydrogens (tertiary/aromatic N) is 1. The lowest BCUT2D eigenvalue weighted by Gasteiger charge is -2.16. The van der Waals surface area contributed by atoms with Crippen LogP contribution in [0.4, 0.5) is 0 Å². The molecule has 0 aromatic heterocycles. The summed E-state index contributed by atoms with van der Waals surface area (Å²) in [7, 11) is 0. The van der Waals surface area contributed by atoms with E-state index in [0.29, 0.717) is 24.1 Å². The first-order valence-electron chi connectivity index (χ1n) is 6.73. The van der Waals surface area contributed by atoms with Gasteiger partial charge in [0.25, 0.3) is 11.8 Å². The van der Waals surface area contributed by atoms with Crippen LogP contribution in [0.25, 0.3) is 0 Å². The van der Waals surface area contributed by atoms with Gasteiger partial charge in [-0.05, 0) is 31.9 Å². The molecule has 1 heterocycles. The number of rotatable bonds is 5. The van der Waals surface area contributed by atoms with Gasteiger partial charge < -0.3 is 5.32 Å². The Morgan fingerprint density at radius 2 is 1.75 bits per heavy atom. The first-order valence-corrected chi connectivity index (χ1v) is 6.73. The number of hydrogen-bond acceptors (Lipinski definition) is 3. The molecule has 0 saturated carbocycles. The van der Waals surface area contributed by atoms with Crippen LogP contribution < -0.4 is 5.32 Å². The van der Waals surface area contributed by atoms with Crippen molar-refractivity contribution in [3.8, 4) is 0 Å². The smallest absolute Gasteiger partial charge is 0.261 e. The number of imide groups is 1. The zero-order valence-electron chi connectivity index (χ0n) is 11.7. The minimum atomic E-state index is -0.224. The maximum atomic E-state index is 12.1. The number of carbonyl (C=O) groups is 3. The van der Waals surface area contributed by atoms with Gasteiger partial charge in [-0.15, -0.1) is 0 Å². The third-order valence-corrected chi connectivity index (χ3v) is 3.35. The monoisotopic (exact) mass is 274 g/mol. The van der Waals surface area contributed by atoms with Gasteiger partial charge >= 0.3 is 0 Å². The molecule has 0 fully saturated rings. The fourth-order valence-corrected chi connectivity index (χ4v) is 2.42. The quantitative estimate of drug-likeness (QED) is 0.829. The molecule has 0 bridgehead atoms. The largest absolute Gasteiger partial charge is 0.354 e. The lowest BCUT2D eigenvalue weighted by molar-refractivity contribution is -0.119. The van der Waals surface area contributed by atoms with Gasteiger partial charge in [0.05, 0.1) is 11.1 Å². The highest BCUT2D eigenvalue weighted by molar-refractivity contribution is 6.21. The third kappa shape index (κ3) is 2.87. The number of hydrogen-bond donors (Lipinski definition) is 1. The minimum Gasteiger partial charge on any atom is -0.354 e. The van der Waals surface area contributed by atoms with Crippen LogP contribution in [0.15, 0.2) is 24.3 Å². The summed E-state index contributed by atoms with van der Waals surface area (Å²) in [5.74, 6) is -0.520. The van der Waals surface area contributed by atoms with Gasteiger partial charge in [-0.2, -0.15) is 0 Å². The molecule has 5 heteroatoms. The number of amides is 3. The zero-order chi connectivity index (χ0) is 14.7. The van der Waals surface area contributed by atoms with Gasteiger partial charge in [-0.1, -0.05) is 12.1 Å². The lowest BCUT2D eigenvalue weighted by atomic mass is 10.1. The highest BCUT2D eigenvalue weighted by atomic mass is 16.2. The molecule has 1 atom stereocenters. The number of nitrogens with one attached hydrogen (secondary N) is 1. The van der Waals surface area contributed by atoms with Crippen LogP contribution in [0.1, 0.15) is 47.4 Å². The molecule has 0 spiro atoms. The molecule has 5 nitrogen and oxygen atoms in total. The molecule has 106 valence electrons. The van der Waals surface area contributed by atoms with E-state index >= 15 is 0 Å². The second kappa shape index (κ2) is 5.86. The van der Waals surface area contributed by atoms with E-state index in [-0.39, 0.29) is 23.8 Å². The summed E-state index contributed by atoms with van der Waals surface area (Å²) in [4.78, 5) is 36.4. The van der Waals surface area contributed by atoms with Crippen LogP contribution in [-0.4, -0.2) is 35.2 Å². The third-order valence-electron chi connectivity index (χ3n) is 3.35. The van der Waals surface area contributed by atoms with Gasteiger partial charge in [0.15, 0.2) is 0 Å². The van der Waals surface area contributed by atoms with Gasteiger partial charge in [0.1, 0.15) is 0 Å². The molecular weight excluding hydrogens is 256 g/mol. The van der Waals surface area contributed by atoms with Crippen molar-refractivity contribution in [2.45, 2.75) is 32.7 Å². The van der Waals surface area contributed by atoms with Crippen molar-refractivity contribution in [1.82, 2.24) is 10.2 Å². The lowest BCUT2D eigenvalue weighted by Crippen LogP contribution is -2.34. The van der Waals surface area contributed by atoms with Crippen LogP contribution in [0, 0.1) is 0 Å². The number of benzene rings is 1. The Labute approximate surface area is 118 Å². The average molecular weight is 274 g/mol. The van der Waals surface area contributed by atoms with Gasteiger partial charge in [-0.25, -0.2) is 0 Å². The van der Waals surface area contributed by atoms with E-state index in [1.165, 1.54) is 11.8 Å². The summed E-state index contributed by atoms with van der Waals surface area (Å²) in [6.07, 6.45) is 1.40. The minimum absolute atomic E-state index is 0.0442. The SMILES string of the molecule is CC(=O)NC(C)CCCN1C(=O)c2ccccc2C1=O. The van der Waals surface area contributed by atoms with Gasteiger partial charge in [0, 0.05) is 19.5 Å². The molecular formula is C15H18N2O3. The molecule has 1 aliphatic rings. The van der Waals surface area contributed by atoms with E-state index in [0.717, 1.165) is 6.42 Å². The molecule has 1 N–H and O–H groups in total. The Morgan fingerprint density at radius 1 is 1.20 bits per heavy atom. The maximum absolute atomic E-state index is 12.1. The van der Waals surface area contributed by atoms with E-state index in [4.69, 9.17) is 0 Å². The molecule has 20 heavy (non-hydrogen) atoms. The summed E-state index contributed by atoms with van der Waals surface area (Å²) in [5, 5.41) is 2.78. The summed E-state index contributed by atoms with van der Waals surface area (Å²) in [6, 6.07) is 6.91. The van der Waals surface area contributed by atoms with Crippen LogP contribution in [0.2, 0.25) is 0 Å². The van der Waals surface area contributed by atoms with Gasteiger partial charge in [-0.3, -0.25) is 19.3 Å². The Kier molecular flexibility index (Phi) is 4.17. The Balaban J connectivity index is 1.91. The summed E-state index contributed by atoms with van der Waals surface area (Å²) in [5.41, 5.74) is 0.958. The second-order valence-corrected chi connectivity index (χ2v) is 5.05. The average Bonchev–Trinajstić information content (AvgIpc) is 2.63. The zero-order valence-corrected chi connectivity index (χ0v) is 11.7. The molecule has 1 unspecified atom stereocenters. The van der Waals surface area contributed by atoms with Crippen molar-refractivity contribution in [3.63, 3.8) is 0 Å². The van der Waals surface area contributed by atoms with Crippen molar-refractivity contribution in [2.75, 3.05) is 6.54 Å². The summed E-state index contributed by atoms with van der Waals surface area (Å²) in [6.45, 7) is 3.76. The molecule has 1 aromatic carbocycles. The van der Waals surface area contributed by atoms with Crippen molar-refractivity contribution in [3.05, 3.63) is 35.4 Å². The van der Waals surface area contributed by atoms with Crippen LogP contribution in [-0.2, 0) is 4.79 Å². The van der Waals surface area contributed by atoms with Crippen LogP contribution >= 0.6 is 0 Å². The van der Waals surface area contributed by atoms with Crippen molar-refractivity contribution in [1.29, 1.82) is 0 Å². The van der Waals surface area contributed by atoms with Crippen molar-refractivity contribution in [2.24, 2.45) is 0 Å². The molecule has 3 amide bonds. The van der Waals surface area contributed by atoms with E-state index in [1.807, 2.05) is 6.92 Å². The van der Waals surface area contributed by atoms with Crippen LogP contribution in [0.5, 0.6) is 0 Å². The Morgan fingerprint density at radius 3 is 2.25 bits per heavy atom. The van der Waals surface area contributed by atoms with Crippen molar-refractivity contribution < 1.29 is 14.4 Å². The normalized spacial score (nSPS) is 15.2. The second-order valence-electron chi connectivity index (χ2n) is 5.05. The first-order chi connectivity index (χ1) is 9.50. The van der Waals surface area contributed by atoms with E-state index in [9.17, 15) is 14.4 Å². The number of fused-ring (bicyclic) bond motifs is 1. The summed E-state index contributed by atoms with van der Waals surface area (Å²) < 4.78 is 0. The van der Waals surface area contributed by atoms with Crippen LogP contribution in [0.3, 0.4) is 0 Å². The maximum Gasteiger partial charge on any atom is 0.261 e. The van der Waals surface area contributed by atoms with Gasteiger partial charge in [0.2, 0.25) is 5.91 Å². The topological polar surface area (TPSA) is 66.5 Å². The molecule has 0 aliphatic carbocycles. The predicted octanol–water partition coefficient (Wildman–Crippen LogP) is 1.59. The van der Waals surface area contributed by atoms with E-state index in [1.54, 1.807) is 24.3 Å². The standard InChI is InChI=1S/C15H18N2O3/c1-10(16-11(2)18)6-5-9-17-14(19)12-7-3-4-8-13(12)15(17)20/h3-4,7-8,10H,5-6,9H2,1-2H3,(H,16,18). The highest BCUT2D eigenvalue weighted by Crippen LogP contribution is 2.22. The fourth-order valence-electron chi connectivity index (χ4n) is 2.42. The van der Waals surface area contributed by atoms with Crippen molar-refractivity contribution >= 4 is 17.7 Å². The molecule has 2 rings (SSSR count). The molecule has 0 radical (unpaired) electrons. The Hall–Kier alpha value is -2.17. The van der Waals surface area contributed by atoms with E-state index in [2.05, 4.69) is 5.32 Å². The predicted molar refractivity (Wildman–Crippen MR) is 74.3 cm³/mol. The first kappa shape index (κ1) is 14.2. The molecule has 1 aliphatic heterocycles. The number of carbonyl (C=O) groups excluding carboxylic acids is 3. The Bertz CT molecular complexity index is 519. The highest BCUT2D eigenvalue weighted by Gasteiger charge is 2.34. The summed E-state index contributed by atoms with van der Waals surface area (Å²) >= 11 is 0.